The predicted molar refractivity (Wildman–Crippen MR) is 76.6 cm³/mol. The van der Waals surface area contributed by atoms with Crippen molar-refractivity contribution in [3.8, 4) is 17.4 Å². The minimum Gasteiger partial charge on any atom is -0.488 e. The molecule has 0 atom stereocenters. The number of hydrogen-bond acceptors (Lipinski definition) is 4. The Morgan fingerprint density at radius 2 is 2.15 bits per heavy atom. The molecular weight excluding hydrogens is 326 g/mol. The third-order valence-electron chi connectivity index (χ3n) is 2.42. The molecule has 0 saturated heterocycles. The number of carboxylic acid groups (broad SMARTS) is 1. The fourth-order valence-corrected chi connectivity index (χ4v) is 1.86. The van der Waals surface area contributed by atoms with Crippen LogP contribution in [0.25, 0.3) is 0 Å². The summed E-state index contributed by atoms with van der Waals surface area (Å²) in [6.07, 6.45) is 1.58. The van der Waals surface area contributed by atoms with Crippen molar-refractivity contribution in [2.45, 2.75) is 6.92 Å². The van der Waals surface area contributed by atoms with E-state index in [4.69, 9.17) is 14.6 Å². The highest BCUT2D eigenvalue weighted by Gasteiger charge is 2.12. The molecule has 0 spiro atoms. The molecule has 0 aliphatic heterocycles. The van der Waals surface area contributed by atoms with Crippen LogP contribution in [0.4, 0.5) is 0 Å². The van der Waals surface area contributed by atoms with Gasteiger partial charge in [-0.3, -0.25) is 0 Å². The van der Waals surface area contributed by atoms with Crippen LogP contribution in [0.15, 0.2) is 41.0 Å². The lowest BCUT2D eigenvalue weighted by atomic mass is 10.2. The number of rotatable bonds is 5. The Balaban J connectivity index is 2.34. The highest BCUT2D eigenvalue weighted by atomic mass is 79.9. The topological polar surface area (TPSA) is 68.7 Å². The Kier molecular flexibility index (Phi) is 4.57. The summed E-state index contributed by atoms with van der Waals surface area (Å²) in [5.41, 5.74) is 0.136. The molecule has 0 unspecified atom stereocenters. The molecule has 5 nitrogen and oxygen atoms in total. The molecule has 0 bridgehead atoms. The number of hydrogen-bond donors (Lipinski definition) is 1. The summed E-state index contributed by atoms with van der Waals surface area (Å²) in [5.74, 6) is 0.137. The molecular formula is C14H12BrNO4. The number of pyridine rings is 1. The van der Waals surface area contributed by atoms with E-state index in [0.717, 1.165) is 0 Å². The van der Waals surface area contributed by atoms with Crippen LogP contribution in [0.1, 0.15) is 17.3 Å². The monoisotopic (exact) mass is 337 g/mol. The number of aromatic nitrogens is 1. The highest BCUT2D eigenvalue weighted by Crippen LogP contribution is 2.34. The van der Waals surface area contributed by atoms with Gasteiger partial charge in [0.25, 0.3) is 5.88 Å². The van der Waals surface area contributed by atoms with Gasteiger partial charge in [-0.25, -0.2) is 9.78 Å². The van der Waals surface area contributed by atoms with E-state index in [-0.39, 0.29) is 11.4 Å². The van der Waals surface area contributed by atoms with Gasteiger partial charge in [0.15, 0.2) is 5.75 Å². The minimum atomic E-state index is -1.02. The molecule has 20 heavy (non-hydrogen) atoms. The molecule has 0 saturated carbocycles. The minimum absolute atomic E-state index is 0.136. The molecule has 104 valence electrons. The van der Waals surface area contributed by atoms with E-state index in [2.05, 4.69) is 20.9 Å². The predicted octanol–water partition coefficient (Wildman–Crippen LogP) is 3.73. The van der Waals surface area contributed by atoms with Gasteiger partial charge in [-0.15, -0.1) is 0 Å². The van der Waals surface area contributed by atoms with Crippen LogP contribution < -0.4 is 9.47 Å². The molecule has 1 heterocycles. The van der Waals surface area contributed by atoms with Crippen molar-refractivity contribution >= 4 is 21.9 Å². The molecule has 0 amide bonds. The van der Waals surface area contributed by atoms with Crippen molar-refractivity contribution in [1.82, 2.24) is 4.98 Å². The van der Waals surface area contributed by atoms with E-state index < -0.39 is 5.97 Å². The van der Waals surface area contributed by atoms with Crippen molar-refractivity contribution in [3.05, 3.63) is 46.6 Å². The second-order valence-corrected chi connectivity index (χ2v) is 4.65. The molecule has 0 aliphatic rings. The lowest BCUT2D eigenvalue weighted by molar-refractivity contribution is 0.0696. The maximum absolute atomic E-state index is 11.0. The van der Waals surface area contributed by atoms with Crippen molar-refractivity contribution in [3.63, 3.8) is 0 Å². The van der Waals surface area contributed by atoms with Crippen LogP contribution in [0.5, 0.6) is 17.4 Å². The quantitative estimate of drug-likeness (QED) is 0.900. The second kappa shape index (κ2) is 6.38. The van der Waals surface area contributed by atoms with E-state index in [1.165, 1.54) is 12.1 Å². The summed E-state index contributed by atoms with van der Waals surface area (Å²) in [7, 11) is 0. The van der Waals surface area contributed by atoms with Crippen LogP contribution in [0.3, 0.4) is 0 Å². The van der Waals surface area contributed by atoms with E-state index in [1.54, 1.807) is 24.4 Å². The molecule has 2 aromatic rings. The van der Waals surface area contributed by atoms with Gasteiger partial charge in [0, 0.05) is 6.20 Å². The first-order valence-electron chi connectivity index (χ1n) is 5.90. The van der Waals surface area contributed by atoms with E-state index in [0.29, 0.717) is 22.6 Å². The number of ether oxygens (including phenoxy) is 2. The summed E-state index contributed by atoms with van der Waals surface area (Å²) < 4.78 is 11.7. The van der Waals surface area contributed by atoms with Gasteiger partial charge in [-0.05, 0) is 53.2 Å². The average molecular weight is 338 g/mol. The second-order valence-electron chi connectivity index (χ2n) is 3.79. The van der Waals surface area contributed by atoms with Crippen LogP contribution in [0.2, 0.25) is 0 Å². The van der Waals surface area contributed by atoms with E-state index in [9.17, 15) is 4.79 Å². The fraction of sp³-hybridized carbons (Fsp3) is 0.143. The molecule has 0 radical (unpaired) electrons. The number of nitrogens with zero attached hydrogens (tertiary/aromatic N) is 1. The first kappa shape index (κ1) is 14.3. The Labute approximate surface area is 124 Å². The zero-order chi connectivity index (χ0) is 14.5. The average Bonchev–Trinajstić information content (AvgIpc) is 2.43. The Hall–Kier alpha value is -2.08. The van der Waals surface area contributed by atoms with Crippen molar-refractivity contribution < 1.29 is 19.4 Å². The van der Waals surface area contributed by atoms with Gasteiger partial charge in [-0.1, -0.05) is 0 Å². The maximum Gasteiger partial charge on any atom is 0.335 e. The molecule has 1 aromatic carbocycles. The summed E-state index contributed by atoms with van der Waals surface area (Å²) >= 11 is 3.31. The maximum atomic E-state index is 11.0. The zero-order valence-electron chi connectivity index (χ0n) is 10.7. The Morgan fingerprint density at radius 1 is 1.35 bits per heavy atom. The van der Waals surface area contributed by atoms with Crippen LogP contribution in [-0.2, 0) is 0 Å². The SMILES string of the molecule is CCOc1cccnc1Oc1cc(C(=O)O)ccc1Br. The van der Waals surface area contributed by atoms with Gasteiger partial charge in [0.2, 0.25) is 0 Å². The van der Waals surface area contributed by atoms with Crippen molar-refractivity contribution in [2.75, 3.05) is 6.61 Å². The summed E-state index contributed by atoms with van der Waals surface area (Å²) in [6, 6.07) is 8.00. The third-order valence-corrected chi connectivity index (χ3v) is 3.08. The number of carbonyl (C=O) groups is 1. The Bertz CT molecular complexity index is 630. The molecule has 1 N–H and O–H groups in total. The Morgan fingerprint density at radius 3 is 2.85 bits per heavy atom. The number of carboxylic acids is 1. The normalized spacial score (nSPS) is 10.1. The molecule has 6 heteroatoms. The fourth-order valence-electron chi connectivity index (χ4n) is 1.54. The molecule has 2 rings (SSSR count). The summed E-state index contributed by atoms with van der Waals surface area (Å²) in [4.78, 5) is 15.1. The first-order valence-corrected chi connectivity index (χ1v) is 6.69. The van der Waals surface area contributed by atoms with Gasteiger partial charge in [0.05, 0.1) is 16.6 Å². The molecule has 0 aliphatic carbocycles. The number of halogens is 1. The van der Waals surface area contributed by atoms with Gasteiger partial charge < -0.3 is 14.6 Å². The lowest BCUT2D eigenvalue weighted by Gasteiger charge is -2.11. The number of aromatic carboxylic acids is 1. The van der Waals surface area contributed by atoms with Crippen molar-refractivity contribution in [2.24, 2.45) is 0 Å². The van der Waals surface area contributed by atoms with Crippen LogP contribution >= 0.6 is 15.9 Å². The van der Waals surface area contributed by atoms with Crippen LogP contribution in [0, 0.1) is 0 Å². The van der Waals surface area contributed by atoms with Gasteiger partial charge >= 0.3 is 5.97 Å². The van der Waals surface area contributed by atoms with E-state index in [1.807, 2.05) is 6.92 Å². The van der Waals surface area contributed by atoms with Gasteiger partial charge in [-0.2, -0.15) is 0 Å². The number of benzene rings is 1. The molecule has 1 aromatic heterocycles. The summed E-state index contributed by atoms with van der Waals surface area (Å²) in [6.45, 7) is 2.34. The smallest absolute Gasteiger partial charge is 0.335 e. The first-order chi connectivity index (χ1) is 9.61. The third kappa shape index (κ3) is 3.27. The van der Waals surface area contributed by atoms with Crippen LogP contribution in [-0.4, -0.2) is 22.7 Å². The summed E-state index contributed by atoms with van der Waals surface area (Å²) in [5, 5.41) is 8.99. The largest absolute Gasteiger partial charge is 0.488 e. The standard InChI is InChI=1S/C14H12BrNO4/c1-2-19-11-4-3-7-16-13(11)20-12-8-9(14(17)18)5-6-10(12)15/h3-8H,2H2,1H3,(H,17,18). The van der Waals surface area contributed by atoms with E-state index >= 15 is 0 Å². The van der Waals surface area contributed by atoms with Gasteiger partial charge in [0.1, 0.15) is 5.75 Å². The highest BCUT2D eigenvalue weighted by molar-refractivity contribution is 9.10. The lowest BCUT2D eigenvalue weighted by Crippen LogP contribution is -1.99. The molecule has 0 fully saturated rings. The van der Waals surface area contributed by atoms with Crippen molar-refractivity contribution in [1.29, 1.82) is 0 Å². The zero-order valence-corrected chi connectivity index (χ0v) is 12.3.